The summed E-state index contributed by atoms with van der Waals surface area (Å²) < 4.78 is 5.66. The average molecular weight is 299 g/mol. The van der Waals surface area contributed by atoms with Crippen molar-refractivity contribution in [3.8, 4) is 0 Å². The Kier molecular flexibility index (Phi) is 4.29. The van der Waals surface area contributed by atoms with E-state index in [4.69, 9.17) is 4.42 Å². The smallest absolute Gasteiger partial charge is 0.283 e. The van der Waals surface area contributed by atoms with Crippen LogP contribution < -0.4 is 10.2 Å². The summed E-state index contributed by atoms with van der Waals surface area (Å²) in [6.07, 6.45) is 2.20. The van der Waals surface area contributed by atoms with Crippen LogP contribution >= 0.6 is 0 Å². The molecule has 0 bridgehead atoms. The summed E-state index contributed by atoms with van der Waals surface area (Å²) in [6.45, 7) is 2.62. The number of carbonyl (C=O) groups excluding carboxylic acids is 1. The molecule has 0 spiro atoms. The van der Waals surface area contributed by atoms with Gasteiger partial charge in [-0.2, -0.15) is 0 Å². The van der Waals surface area contributed by atoms with Gasteiger partial charge in [-0.15, -0.1) is 0 Å². The number of furan rings is 1. The number of hydrogen-bond acceptors (Lipinski definition) is 2. The van der Waals surface area contributed by atoms with Crippen molar-refractivity contribution in [3.05, 3.63) is 59.5 Å². The Morgan fingerprint density at radius 2 is 2.00 bits per heavy atom. The fourth-order valence-corrected chi connectivity index (χ4v) is 2.77. The largest absolute Gasteiger partial charge is 0.460 e. The Bertz CT molecular complexity index is 632. The van der Waals surface area contributed by atoms with Gasteiger partial charge in [0.2, 0.25) is 0 Å². The lowest BCUT2D eigenvalue weighted by molar-refractivity contribution is -0.917. The Morgan fingerprint density at radius 3 is 2.59 bits per heavy atom. The van der Waals surface area contributed by atoms with Crippen LogP contribution in [0, 0.1) is 6.92 Å². The van der Waals surface area contributed by atoms with Crippen molar-refractivity contribution in [2.45, 2.75) is 38.4 Å². The van der Waals surface area contributed by atoms with Gasteiger partial charge in [-0.3, -0.25) is 4.79 Å². The van der Waals surface area contributed by atoms with Crippen molar-refractivity contribution in [2.24, 2.45) is 0 Å². The number of carbonyl (C=O) groups is 1. The molecule has 116 valence electrons. The standard InChI is InChI=1S/C18H22N2O2/c1-13-8-11-16(22-13)12-20(2)17(14-6-4-3-5-7-14)18(21)19-15-9-10-15/h3-8,11,15,17H,9-10,12H2,1-2H3,(H,19,21)/p+1/t17-/m1/s1. The van der Waals surface area contributed by atoms with Crippen LogP contribution in [0.5, 0.6) is 0 Å². The minimum atomic E-state index is -0.216. The maximum atomic E-state index is 12.7. The van der Waals surface area contributed by atoms with E-state index in [0.717, 1.165) is 34.8 Å². The topological polar surface area (TPSA) is 46.7 Å². The molecule has 1 fully saturated rings. The molecule has 22 heavy (non-hydrogen) atoms. The minimum absolute atomic E-state index is 0.106. The van der Waals surface area contributed by atoms with Crippen LogP contribution in [0.15, 0.2) is 46.9 Å². The highest BCUT2D eigenvalue weighted by atomic mass is 16.3. The number of amides is 1. The molecule has 0 saturated heterocycles. The third kappa shape index (κ3) is 3.57. The molecule has 0 aliphatic heterocycles. The molecular weight excluding hydrogens is 276 g/mol. The molecule has 0 radical (unpaired) electrons. The van der Waals surface area contributed by atoms with E-state index in [2.05, 4.69) is 5.32 Å². The number of aryl methyl sites for hydroxylation is 1. The first-order valence-electron chi connectivity index (χ1n) is 7.86. The summed E-state index contributed by atoms with van der Waals surface area (Å²) in [5.74, 6) is 1.92. The lowest BCUT2D eigenvalue weighted by atomic mass is 10.0. The molecule has 2 aromatic rings. The van der Waals surface area contributed by atoms with Gasteiger partial charge in [0, 0.05) is 11.6 Å². The fraction of sp³-hybridized carbons (Fsp3) is 0.389. The quantitative estimate of drug-likeness (QED) is 0.851. The Hall–Kier alpha value is -2.07. The van der Waals surface area contributed by atoms with E-state index < -0.39 is 0 Å². The van der Waals surface area contributed by atoms with Gasteiger partial charge in [0.25, 0.3) is 5.91 Å². The van der Waals surface area contributed by atoms with E-state index in [1.165, 1.54) is 0 Å². The van der Waals surface area contributed by atoms with E-state index >= 15 is 0 Å². The molecule has 1 aliphatic carbocycles. The molecular formula is C18H23N2O2+. The first-order valence-corrected chi connectivity index (χ1v) is 7.86. The van der Waals surface area contributed by atoms with Crippen LogP contribution in [0.2, 0.25) is 0 Å². The Morgan fingerprint density at radius 1 is 1.27 bits per heavy atom. The second kappa shape index (κ2) is 6.36. The Balaban J connectivity index is 1.78. The predicted molar refractivity (Wildman–Crippen MR) is 84.4 cm³/mol. The molecule has 1 amide bonds. The molecule has 1 unspecified atom stereocenters. The van der Waals surface area contributed by atoms with Gasteiger partial charge < -0.3 is 14.6 Å². The van der Waals surface area contributed by atoms with Gasteiger partial charge in [0.15, 0.2) is 11.8 Å². The Labute approximate surface area is 131 Å². The molecule has 1 aliphatic rings. The first-order chi connectivity index (χ1) is 10.6. The molecule has 2 atom stereocenters. The highest BCUT2D eigenvalue weighted by molar-refractivity contribution is 5.82. The van der Waals surface area contributed by atoms with E-state index in [9.17, 15) is 4.79 Å². The van der Waals surface area contributed by atoms with Crippen molar-refractivity contribution in [3.63, 3.8) is 0 Å². The number of likely N-dealkylation sites (N-methyl/N-ethyl adjacent to an activating group) is 1. The normalized spacial score (nSPS) is 17.0. The number of nitrogens with one attached hydrogen (secondary N) is 2. The minimum Gasteiger partial charge on any atom is -0.460 e. The fourth-order valence-electron chi connectivity index (χ4n) is 2.77. The van der Waals surface area contributed by atoms with Crippen LogP contribution in [0.1, 0.15) is 36.0 Å². The lowest BCUT2D eigenvalue weighted by Crippen LogP contribution is -3.09. The van der Waals surface area contributed by atoms with Crippen LogP contribution in [0.4, 0.5) is 0 Å². The summed E-state index contributed by atoms with van der Waals surface area (Å²) in [4.78, 5) is 13.8. The molecule has 1 aromatic heterocycles. The van der Waals surface area contributed by atoms with Crippen LogP contribution in [0.25, 0.3) is 0 Å². The van der Waals surface area contributed by atoms with E-state index in [0.29, 0.717) is 12.6 Å². The maximum absolute atomic E-state index is 12.7. The van der Waals surface area contributed by atoms with Crippen LogP contribution in [-0.4, -0.2) is 19.0 Å². The SMILES string of the molecule is Cc1ccc(C[NH+](C)[C@@H](C(=O)NC2CC2)c2ccccc2)o1. The molecule has 2 N–H and O–H groups in total. The van der Waals surface area contributed by atoms with Gasteiger partial charge in [0.1, 0.15) is 12.3 Å². The van der Waals surface area contributed by atoms with Crippen molar-refractivity contribution < 1.29 is 14.1 Å². The average Bonchev–Trinajstić information content (AvgIpc) is 3.21. The van der Waals surface area contributed by atoms with Gasteiger partial charge in [0.05, 0.1) is 7.05 Å². The molecule has 1 aromatic carbocycles. The number of quaternary nitrogens is 1. The lowest BCUT2D eigenvalue weighted by Gasteiger charge is -2.24. The second-order valence-corrected chi connectivity index (χ2v) is 6.16. The highest BCUT2D eigenvalue weighted by Gasteiger charge is 2.33. The van der Waals surface area contributed by atoms with Crippen molar-refractivity contribution in [1.82, 2.24) is 5.32 Å². The third-order valence-corrected chi connectivity index (χ3v) is 4.06. The molecule has 1 saturated carbocycles. The second-order valence-electron chi connectivity index (χ2n) is 6.16. The number of benzene rings is 1. The maximum Gasteiger partial charge on any atom is 0.283 e. The highest BCUT2D eigenvalue weighted by Crippen LogP contribution is 2.20. The number of hydrogen-bond donors (Lipinski definition) is 2. The van der Waals surface area contributed by atoms with Crippen molar-refractivity contribution in [1.29, 1.82) is 0 Å². The van der Waals surface area contributed by atoms with Gasteiger partial charge in [-0.05, 0) is 31.9 Å². The van der Waals surface area contributed by atoms with Crippen molar-refractivity contribution in [2.75, 3.05) is 7.05 Å². The van der Waals surface area contributed by atoms with Crippen LogP contribution in [-0.2, 0) is 11.3 Å². The number of rotatable bonds is 6. The summed E-state index contributed by atoms with van der Waals surface area (Å²) in [7, 11) is 2.04. The summed E-state index contributed by atoms with van der Waals surface area (Å²) >= 11 is 0. The molecule has 3 rings (SSSR count). The van der Waals surface area contributed by atoms with Gasteiger partial charge >= 0.3 is 0 Å². The first kappa shape index (κ1) is 14.9. The van der Waals surface area contributed by atoms with Crippen molar-refractivity contribution >= 4 is 5.91 Å². The molecule has 1 heterocycles. The zero-order valence-corrected chi connectivity index (χ0v) is 13.1. The van der Waals surface area contributed by atoms with E-state index in [-0.39, 0.29) is 11.9 Å². The predicted octanol–water partition coefficient (Wildman–Crippen LogP) is 1.62. The zero-order chi connectivity index (χ0) is 15.5. The van der Waals surface area contributed by atoms with Crippen LogP contribution in [0.3, 0.4) is 0 Å². The van der Waals surface area contributed by atoms with E-state index in [1.807, 2.05) is 56.4 Å². The summed E-state index contributed by atoms with van der Waals surface area (Å²) in [5, 5.41) is 3.13. The summed E-state index contributed by atoms with van der Waals surface area (Å²) in [6, 6.07) is 14.1. The van der Waals surface area contributed by atoms with Gasteiger partial charge in [-0.25, -0.2) is 0 Å². The summed E-state index contributed by atoms with van der Waals surface area (Å²) in [5.41, 5.74) is 1.04. The third-order valence-electron chi connectivity index (χ3n) is 4.06. The van der Waals surface area contributed by atoms with Gasteiger partial charge in [-0.1, -0.05) is 30.3 Å². The zero-order valence-electron chi connectivity index (χ0n) is 13.1. The monoisotopic (exact) mass is 299 g/mol. The molecule has 4 nitrogen and oxygen atoms in total. The molecule has 4 heteroatoms. The van der Waals surface area contributed by atoms with E-state index in [1.54, 1.807) is 0 Å².